The highest BCUT2D eigenvalue weighted by Crippen LogP contribution is 2.08. The van der Waals surface area contributed by atoms with Gasteiger partial charge in [-0.1, -0.05) is 0 Å². The maximum atomic E-state index is 11.3. The van der Waals surface area contributed by atoms with Crippen LogP contribution in [0.4, 0.5) is 0 Å². The van der Waals surface area contributed by atoms with Gasteiger partial charge < -0.3 is 15.2 Å². The lowest BCUT2D eigenvalue weighted by atomic mass is 10.1. The monoisotopic (exact) mass is 257 g/mol. The number of hydrogen-bond donors (Lipinski definition) is 2. The van der Waals surface area contributed by atoms with Crippen LogP contribution in [0.2, 0.25) is 0 Å². The molecule has 0 bridgehead atoms. The average molecular weight is 257 g/mol. The van der Waals surface area contributed by atoms with E-state index in [1.807, 2.05) is 23.8 Å². The summed E-state index contributed by atoms with van der Waals surface area (Å²) in [6, 6.07) is 2.01. The summed E-state index contributed by atoms with van der Waals surface area (Å²) in [5, 5.41) is 15.1. The summed E-state index contributed by atoms with van der Waals surface area (Å²) in [6.45, 7) is 1.22. The molecule has 1 aromatic heterocycles. The number of hydrogen-bond acceptors (Lipinski definition) is 4. The molecule has 0 aliphatic heterocycles. The number of ether oxygens (including phenoxy) is 1. The fourth-order valence-corrected chi connectivity index (χ4v) is 2.04. The van der Waals surface area contributed by atoms with Crippen LogP contribution in [-0.2, 0) is 20.7 Å². The van der Waals surface area contributed by atoms with Gasteiger partial charge in [0.15, 0.2) is 0 Å². The van der Waals surface area contributed by atoms with E-state index in [-0.39, 0.29) is 18.6 Å². The Bertz CT molecular complexity index is 364. The molecule has 94 valence electrons. The van der Waals surface area contributed by atoms with Crippen LogP contribution >= 0.6 is 11.3 Å². The van der Waals surface area contributed by atoms with E-state index in [4.69, 9.17) is 5.11 Å². The fraction of sp³-hybridized carbons (Fsp3) is 0.455. The van der Waals surface area contributed by atoms with Crippen molar-refractivity contribution in [2.45, 2.75) is 19.4 Å². The third-order valence-electron chi connectivity index (χ3n) is 1.99. The van der Waals surface area contributed by atoms with Crippen molar-refractivity contribution in [3.8, 4) is 0 Å². The van der Waals surface area contributed by atoms with Crippen molar-refractivity contribution < 1.29 is 19.4 Å². The van der Waals surface area contributed by atoms with Crippen LogP contribution in [0.3, 0.4) is 0 Å². The second-order valence-corrected chi connectivity index (χ2v) is 4.47. The van der Waals surface area contributed by atoms with Crippen LogP contribution in [0.5, 0.6) is 0 Å². The molecular formula is C11H15NO4S. The molecule has 0 fully saturated rings. The molecule has 1 unspecified atom stereocenters. The zero-order valence-corrected chi connectivity index (χ0v) is 10.3. The summed E-state index contributed by atoms with van der Waals surface area (Å²) in [4.78, 5) is 21.5. The second-order valence-electron chi connectivity index (χ2n) is 3.69. The summed E-state index contributed by atoms with van der Waals surface area (Å²) in [7, 11) is 0. The summed E-state index contributed by atoms with van der Waals surface area (Å²) < 4.78 is 4.68. The smallest absolute Gasteiger partial charge is 0.329 e. The van der Waals surface area contributed by atoms with Crippen LogP contribution < -0.4 is 5.32 Å². The zero-order chi connectivity index (χ0) is 12.7. The first kappa shape index (κ1) is 13.7. The number of aliphatic carboxylic acids is 1. The maximum absolute atomic E-state index is 11.3. The molecule has 1 heterocycles. The third-order valence-corrected chi connectivity index (χ3v) is 2.72. The van der Waals surface area contributed by atoms with Crippen LogP contribution in [0.15, 0.2) is 16.8 Å². The van der Waals surface area contributed by atoms with Crippen LogP contribution in [-0.4, -0.2) is 36.2 Å². The molecule has 0 aromatic carbocycles. The SMILES string of the molecule is CC(Cc1ccsc1)NC(=O)COCC(=O)O. The molecule has 0 radical (unpaired) electrons. The summed E-state index contributed by atoms with van der Waals surface area (Å²) >= 11 is 1.61. The van der Waals surface area contributed by atoms with E-state index < -0.39 is 12.6 Å². The maximum Gasteiger partial charge on any atom is 0.329 e. The van der Waals surface area contributed by atoms with E-state index in [2.05, 4.69) is 10.1 Å². The third kappa shape index (κ3) is 6.03. The molecule has 0 saturated carbocycles. The molecule has 0 aliphatic rings. The highest BCUT2D eigenvalue weighted by molar-refractivity contribution is 7.07. The van der Waals surface area contributed by atoms with Gasteiger partial charge in [-0.2, -0.15) is 11.3 Å². The van der Waals surface area contributed by atoms with E-state index >= 15 is 0 Å². The topological polar surface area (TPSA) is 75.6 Å². The minimum atomic E-state index is -1.08. The van der Waals surface area contributed by atoms with Crippen LogP contribution in [0, 0.1) is 0 Å². The highest BCUT2D eigenvalue weighted by Gasteiger charge is 2.09. The quantitative estimate of drug-likeness (QED) is 0.761. The predicted octanol–water partition coefficient (Wildman–Crippen LogP) is 0.896. The van der Waals surface area contributed by atoms with Crippen molar-refractivity contribution in [1.82, 2.24) is 5.32 Å². The van der Waals surface area contributed by atoms with Gasteiger partial charge in [0.1, 0.15) is 13.2 Å². The molecule has 2 N–H and O–H groups in total. The van der Waals surface area contributed by atoms with E-state index in [1.54, 1.807) is 11.3 Å². The van der Waals surface area contributed by atoms with E-state index in [1.165, 1.54) is 5.56 Å². The van der Waals surface area contributed by atoms with Gasteiger partial charge in [-0.15, -0.1) is 0 Å². The Kier molecular flexibility index (Phi) is 5.65. The molecule has 1 amide bonds. The number of carbonyl (C=O) groups excluding carboxylic acids is 1. The Balaban J connectivity index is 2.19. The Morgan fingerprint density at radius 3 is 2.88 bits per heavy atom. The number of nitrogens with one attached hydrogen (secondary N) is 1. The summed E-state index contributed by atoms with van der Waals surface area (Å²) in [5.74, 6) is -1.38. The number of amides is 1. The predicted molar refractivity (Wildman–Crippen MR) is 64.1 cm³/mol. The molecule has 17 heavy (non-hydrogen) atoms. The summed E-state index contributed by atoms with van der Waals surface area (Å²) in [5.41, 5.74) is 1.18. The first-order chi connectivity index (χ1) is 8.08. The molecule has 1 atom stereocenters. The number of thiophene rings is 1. The molecule has 0 spiro atoms. The van der Waals surface area contributed by atoms with Crippen molar-refractivity contribution in [3.63, 3.8) is 0 Å². The lowest BCUT2D eigenvalue weighted by Gasteiger charge is -2.12. The van der Waals surface area contributed by atoms with Gasteiger partial charge in [0.25, 0.3) is 0 Å². The lowest BCUT2D eigenvalue weighted by molar-refractivity contribution is -0.143. The molecule has 5 nitrogen and oxygen atoms in total. The molecule has 6 heteroatoms. The van der Waals surface area contributed by atoms with Crippen molar-refractivity contribution in [1.29, 1.82) is 0 Å². The average Bonchev–Trinajstić information content (AvgIpc) is 2.69. The number of rotatable bonds is 7. The first-order valence-electron chi connectivity index (χ1n) is 5.18. The van der Waals surface area contributed by atoms with Crippen molar-refractivity contribution >= 4 is 23.2 Å². The molecule has 1 rings (SSSR count). The van der Waals surface area contributed by atoms with Gasteiger partial charge in [0, 0.05) is 6.04 Å². The first-order valence-corrected chi connectivity index (χ1v) is 6.12. The van der Waals surface area contributed by atoms with Crippen molar-refractivity contribution in [2.24, 2.45) is 0 Å². The summed E-state index contributed by atoms with van der Waals surface area (Å²) in [6.07, 6.45) is 0.758. The van der Waals surface area contributed by atoms with Gasteiger partial charge in [0.05, 0.1) is 0 Å². The molecule has 0 aliphatic carbocycles. The number of carboxylic acid groups (broad SMARTS) is 1. The van der Waals surface area contributed by atoms with Crippen molar-refractivity contribution in [2.75, 3.05) is 13.2 Å². The Hall–Kier alpha value is -1.40. The Morgan fingerprint density at radius 1 is 1.53 bits per heavy atom. The van der Waals surface area contributed by atoms with Gasteiger partial charge in [-0.3, -0.25) is 4.79 Å². The minimum Gasteiger partial charge on any atom is -0.480 e. The van der Waals surface area contributed by atoms with Crippen LogP contribution in [0.1, 0.15) is 12.5 Å². The fourth-order valence-electron chi connectivity index (χ4n) is 1.36. The Morgan fingerprint density at radius 2 is 2.29 bits per heavy atom. The lowest BCUT2D eigenvalue weighted by Crippen LogP contribution is -2.36. The van der Waals surface area contributed by atoms with E-state index in [0.717, 1.165) is 6.42 Å². The van der Waals surface area contributed by atoms with Gasteiger partial charge in [-0.05, 0) is 35.7 Å². The van der Waals surface area contributed by atoms with E-state index in [9.17, 15) is 9.59 Å². The standard InChI is InChI=1S/C11H15NO4S/c1-8(4-9-2-3-17-7-9)12-10(13)5-16-6-11(14)15/h2-3,7-8H,4-6H2,1H3,(H,12,13)(H,14,15). The Labute approximate surface area is 103 Å². The zero-order valence-electron chi connectivity index (χ0n) is 9.51. The number of carbonyl (C=O) groups is 2. The van der Waals surface area contributed by atoms with E-state index in [0.29, 0.717) is 0 Å². The largest absolute Gasteiger partial charge is 0.480 e. The van der Waals surface area contributed by atoms with Crippen LogP contribution in [0.25, 0.3) is 0 Å². The molecular weight excluding hydrogens is 242 g/mol. The normalized spacial score (nSPS) is 12.1. The molecule has 1 aromatic rings. The minimum absolute atomic E-state index is 0.00512. The second kappa shape index (κ2) is 7.03. The molecule has 0 saturated heterocycles. The highest BCUT2D eigenvalue weighted by atomic mass is 32.1. The van der Waals surface area contributed by atoms with Crippen molar-refractivity contribution in [3.05, 3.63) is 22.4 Å². The number of carboxylic acids is 1. The van der Waals surface area contributed by atoms with Gasteiger partial charge >= 0.3 is 5.97 Å². The van der Waals surface area contributed by atoms with Gasteiger partial charge in [-0.25, -0.2) is 4.79 Å². The van der Waals surface area contributed by atoms with Gasteiger partial charge in [0.2, 0.25) is 5.91 Å².